The van der Waals surface area contributed by atoms with E-state index in [9.17, 15) is 9.59 Å². The van der Waals surface area contributed by atoms with Crippen LogP contribution in [-0.4, -0.2) is 52.6 Å². The molecule has 1 fully saturated rings. The molecule has 1 aliphatic heterocycles. The monoisotopic (exact) mass is 332 g/mol. The van der Waals surface area contributed by atoms with Gasteiger partial charge in [0.1, 0.15) is 5.60 Å². The average molecular weight is 332 g/mol. The van der Waals surface area contributed by atoms with Crippen molar-refractivity contribution in [3.63, 3.8) is 0 Å². The second-order valence-corrected chi connectivity index (χ2v) is 7.47. The van der Waals surface area contributed by atoms with E-state index in [0.717, 1.165) is 11.1 Å². The first-order valence-corrected chi connectivity index (χ1v) is 8.48. The van der Waals surface area contributed by atoms with E-state index in [4.69, 9.17) is 4.74 Å². The second kappa shape index (κ2) is 6.83. The lowest BCUT2D eigenvalue weighted by Crippen LogP contribution is -2.60. The molecule has 1 saturated heterocycles. The Morgan fingerprint density at radius 2 is 1.58 bits per heavy atom. The largest absolute Gasteiger partial charge is 0.444 e. The van der Waals surface area contributed by atoms with Crippen LogP contribution in [0.2, 0.25) is 0 Å². The van der Waals surface area contributed by atoms with Crippen molar-refractivity contribution in [1.29, 1.82) is 0 Å². The molecule has 0 aliphatic carbocycles. The van der Waals surface area contributed by atoms with Crippen LogP contribution in [0.15, 0.2) is 24.3 Å². The Kier molecular flexibility index (Phi) is 5.21. The Morgan fingerprint density at radius 3 is 2.17 bits per heavy atom. The molecule has 0 spiro atoms. The van der Waals surface area contributed by atoms with Gasteiger partial charge in [-0.15, -0.1) is 0 Å². The topological polar surface area (TPSA) is 49.9 Å². The van der Waals surface area contributed by atoms with Crippen molar-refractivity contribution in [3.8, 4) is 0 Å². The highest BCUT2D eigenvalue weighted by Crippen LogP contribution is 2.22. The number of ether oxygens (including phenoxy) is 1. The molecule has 0 radical (unpaired) electrons. The summed E-state index contributed by atoms with van der Waals surface area (Å²) in [5.74, 6) is 0.0243. The highest BCUT2D eigenvalue weighted by molar-refractivity contribution is 5.96. The number of hydrogen-bond donors (Lipinski definition) is 0. The predicted octanol–water partition coefficient (Wildman–Crippen LogP) is 3.46. The van der Waals surface area contributed by atoms with E-state index in [0.29, 0.717) is 13.1 Å². The van der Waals surface area contributed by atoms with Crippen LogP contribution in [-0.2, 0) is 4.74 Å². The molecule has 5 nitrogen and oxygen atoms in total. The Morgan fingerprint density at radius 1 is 1.04 bits per heavy atom. The summed E-state index contributed by atoms with van der Waals surface area (Å²) in [6.07, 6.45) is -0.315. The Hall–Kier alpha value is -2.04. The molecule has 0 aromatic heterocycles. The fraction of sp³-hybridized carbons (Fsp3) is 0.579. The van der Waals surface area contributed by atoms with Crippen molar-refractivity contribution in [1.82, 2.24) is 9.80 Å². The summed E-state index contributed by atoms with van der Waals surface area (Å²) < 4.78 is 5.48. The summed E-state index contributed by atoms with van der Waals surface area (Å²) in [4.78, 5) is 28.8. The number of piperazine rings is 1. The fourth-order valence-electron chi connectivity index (χ4n) is 2.98. The van der Waals surface area contributed by atoms with Gasteiger partial charge in [0.2, 0.25) is 0 Å². The van der Waals surface area contributed by atoms with Crippen molar-refractivity contribution in [2.24, 2.45) is 0 Å². The number of amides is 2. The third-order valence-electron chi connectivity index (χ3n) is 4.53. The maximum Gasteiger partial charge on any atom is 0.410 e. The lowest BCUT2D eigenvalue weighted by molar-refractivity contribution is -0.0101. The molecule has 1 aliphatic rings. The van der Waals surface area contributed by atoms with Crippen LogP contribution in [0, 0.1) is 6.92 Å². The second-order valence-electron chi connectivity index (χ2n) is 7.47. The molecule has 2 amide bonds. The van der Waals surface area contributed by atoms with Gasteiger partial charge in [0.05, 0.1) is 6.04 Å². The molecular formula is C19H28N2O3. The molecule has 0 N–H and O–H groups in total. The molecular weight excluding hydrogens is 304 g/mol. The highest BCUT2D eigenvalue weighted by Gasteiger charge is 2.37. The van der Waals surface area contributed by atoms with Crippen LogP contribution in [0.5, 0.6) is 0 Å². The zero-order chi connectivity index (χ0) is 18.1. The lowest BCUT2D eigenvalue weighted by atomic mass is 10.0. The molecule has 0 bridgehead atoms. The van der Waals surface area contributed by atoms with Gasteiger partial charge in [-0.2, -0.15) is 0 Å². The molecule has 2 unspecified atom stereocenters. The zero-order valence-electron chi connectivity index (χ0n) is 15.5. The minimum absolute atomic E-state index is 0.0243. The van der Waals surface area contributed by atoms with Gasteiger partial charge >= 0.3 is 6.09 Å². The molecule has 1 aromatic rings. The van der Waals surface area contributed by atoms with Crippen molar-refractivity contribution < 1.29 is 14.3 Å². The Labute approximate surface area is 144 Å². The van der Waals surface area contributed by atoms with Gasteiger partial charge in [0.15, 0.2) is 0 Å². The number of benzene rings is 1. The predicted molar refractivity (Wildman–Crippen MR) is 94.1 cm³/mol. The molecule has 0 saturated carbocycles. The minimum atomic E-state index is -0.520. The van der Waals surface area contributed by atoms with Gasteiger partial charge in [-0.25, -0.2) is 4.79 Å². The average Bonchev–Trinajstić information content (AvgIpc) is 2.48. The first-order valence-electron chi connectivity index (χ1n) is 8.48. The molecule has 2 atom stereocenters. The van der Waals surface area contributed by atoms with Gasteiger partial charge in [0.25, 0.3) is 5.91 Å². The number of nitrogens with zero attached hydrogens (tertiary/aromatic N) is 2. The van der Waals surface area contributed by atoms with E-state index in [2.05, 4.69) is 0 Å². The molecule has 1 heterocycles. The number of carbonyl (C=O) groups is 2. The standard InChI is InChI=1S/C19H28N2O3/c1-13-9-7-8-10-16(13)17(22)20-11-12-21(15(3)14(20)2)18(23)24-19(4,5)6/h7-10,14-15H,11-12H2,1-6H3. The summed E-state index contributed by atoms with van der Waals surface area (Å²) in [6.45, 7) is 12.5. The molecule has 2 rings (SSSR count). The smallest absolute Gasteiger partial charge is 0.410 e. The third-order valence-corrected chi connectivity index (χ3v) is 4.53. The SMILES string of the molecule is Cc1ccccc1C(=O)N1CCN(C(=O)OC(C)(C)C)C(C)C1C. The van der Waals surface area contributed by atoms with E-state index in [1.807, 2.05) is 70.7 Å². The van der Waals surface area contributed by atoms with Gasteiger partial charge < -0.3 is 14.5 Å². The van der Waals surface area contributed by atoms with Crippen molar-refractivity contribution in [3.05, 3.63) is 35.4 Å². The van der Waals surface area contributed by atoms with Gasteiger partial charge in [-0.3, -0.25) is 4.79 Å². The summed E-state index contributed by atoms with van der Waals surface area (Å²) in [7, 11) is 0. The third kappa shape index (κ3) is 3.89. The quantitative estimate of drug-likeness (QED) is 0.791. The maximum atomic E-state index is 12.9. The molecule has 1 aromatic carbocycles. The number of hydrogen-bond acceptors (Lipinski definition) is 3. The fourth-order valence-corrected chi connectivity index (χ4v) is 2.98. The van der Waals surface area contributed by atoms with E-state index >= 15 is 0 Å². The van der Waals surface area contributed by atoms with Crippen LogP contribution in [0.4, 0.5) is 4.79 Å². The first-order chi connectivity index (χ1) is 11.1. The Balaban J connectivity index is 2.12. The van der Waals surface area contributed by atoms with E-state index in [-0.39, 0.29) is 24.1 Å². The van der Waals surface area contributed by atoms with Crippen LogP contribution in [0.1, 0.15) is 50.5 Å². The highest BCUT2D eigenvalue weighted by atomic mass is 16.6. The number of aryl methyl sites for hydroxylation is 1. The number of carbonyl (C=O) groups excluding carboxylic acids is 2. The van der Waals surface area contributed by atoms with Crippen molar-refractivity contribution in [2.45, 2.75) is 59.2 Å². The first kappa shape index (κ1) is 18.3. The molecule has 5 heteroatoms. The van der Waals surface area contributed by atoms with E-state index in [1.165, 1.54) is 0 Å². The zero-order valence-corrected chi connectivity index (χ0v) is 15.5. The summed E-state index contributed by atoms with van der Waals surface area (Å²) in [5.41, 5.74) is 1.17. The molecule has 24 heavy (non-hydrogen) atoms. The molecule has 132 valence electrons. The normalized spacial score (nSPS) is 21.6. The van der Waals surface area contributed by atoms with Gasteiger partial charge in [-0.05, 0) is 53.2 Å². The Bertz CT molecular complexity index is 621. The van der Waals surface area contributed by atoms with Crippen molar-refractivity contribution >= 4 is 12.0 Å². The van der Waals surface area contributed by atoms with Crippen LogP contribution in [0.25, 0.3) is 0 Å². The van der Waals surface area contributed by atoms with Gasteiger partial charge in [-0.1, -0.05) is 18.2 Å². The van der Waals surface area contributed by atoms with Crippen molar-refractivity contribution in [2.75, 3.05) is 13.1 Å². The summed E-state index contributed by atoms with van der Waals surface area (Å²) in [5, 5.41) is 0. The van der Waals surface area contributed by atoms with Crippen LogP contribution in [0.3, 0.4) is 0 Å². The van der Waals surface area contributed by atoms with E-state index in [1.54, 1.807) is 4.90 Å². The number of rotatable bonds is 1. The minimum Gasteiger partial charge on any atom is -0.444 e. The van der Waals surface area contributed by atoms with E-state index < -0.39 is 5.60 Å². The lowest BCUT2D eigenvalue weighted by Gasteiger charge is -2.45. The summed E-state index contributed by atoms with van der Waals surface area (Å²) >= 11 is 0. The summed E-state index contributed by atoms with van der Waals surface area (Å²) in [6, 6.07) is 7.44. The van der Waals surface area contributed by atoms with Crippen LogP contribution >= 0.6 is 0 Å². The van der Waals surface area contributed by atoms with Crippen LogP contribution < -0.4 is 0 Å². The maximum absolute atomic E-state index is 12.9. The van der Waals surface area contributed by atoms with Gasteiger partial charge in [0, 0.05) is 24.7 Å².